The number of rotatable bonds is 7. The SMILES string of the molecule is CCN(C#CN(C)C)CC(OC(F)F)(OC(F)(F)F)SC(F)(F)F. The first-order chi connectivity index (χ1) is 10.7. The molecule has 0 aromatic heterocycles. The molecule has 0 rings (SSSR count). The van der Waals surface area contributed by atoms with Crippen LogP contribution in [-0.2, 0) is 9.47 Å². The highest BCUT2D eigenvalue weighted by Crippen LogP contribution is 2.46. The highest BCUT2D eigenvalue weighted by molar-refractivity contribution is 8.01. The van der Waals surface area contributed by atoms with Crippen molar-refractivity contribution in [3.05, 3.63) is 0 Å². The lowest BCUT2D eigenvalue weighted by molar-refractivity contribution is -0.409. The predicted molar refractivity (Wildman–Crippen MR) is 69.3 cm³/mol. The van der Waals surface area contributed by atoms with Crippen LogP contribution in [0, 0.1) is 12.1 Å². The normalized spacial score (nSPS) is 14.8. The Bertz CT molecular complexity index is 428. The molecule has 0 aliphatic heterocycles. The zero-order valence-corrected chi connectivity index (χ0v) is 13.5. The average Bonchev–Trinajstić information content (AvgIpc) is 2.28. The Kier molecular flexibility index (Phi) is 8.40. The number of hydrogen-bond donors (Lipinski definition) is 0. The second-order valence-corrected chi connectivity index (χ2v) is 5.58. The van der Waals surface area contributed by atoms with Crippen molar-refractivity contribution in [2.24, 2.45) is 0 Å². The summed E-state index contributed by atoms with van der Waals surface area (Å²) in [5.74, 6) is 0. The smallest absolute Gasteiger partial charge is 0.337 e. The van der Waals surface area contributed by atoms with E-state index in [1.54, 1.807) is 0 Å². The van der Waals surface area contributed by atoms with Gasteiger partial charge in [-0.25, -0.2) is 4.74 Å². The van der Waals surface area contributed by atoms with Crippen molar-refractivity contribution < 1.29 is 44.6 Å². The van der Waals surface area contributed by atoms with Crippen LogP contribution in [0.5, 0.6) is 0 Å². The van der Waals surface area contributed by atoms with E-state index < -0.39 is 41.9 Å². The Labute approximate surface area is 137 Å². The lowest BCUT2D eigenvalue weighted by Gasteiger charge is -2.35. The van der Waals surface area contributed by atoms with Crippen LogP contribution < -0.4 is 0 Å². The minimum absolute atomic E-state index is 0.172. The van der Waals surface area contributed by atoms with E-state index in [9.17, 15) is 35.1 Å². The molecule has 0 radical (unpaired) electrons. The first-order valence-corrected chi connectivity index (χ1v) is 6.93. The molecule has 0 aliphatic rings. The molecule has 1 unspecified atom stereocenters. The van der Waals surface area contributed by atoms with Crippen LogP contribution in [0.25, 0.3) is 0 Å². The van der Waals surface area contributed by atoms with Crippen LogP contribution in [0.1, 0.15) is 6.92 Å². The first kappa shape index (κ1) is 22.9. The quantitative estimate of drug-likeness (QED) is 0.287. The highest BCUT2D eigenvalue weighted by atomic mass is 32.2. The molecule has 0 bridgehead atoms. The molecule has 0 aromatic carbocycles. The highest BCUT2D eigenvalue weighted by Gasteiger charge is 2.54. The van der Waals surface area contributed by atoms with Gasteiger partial charge in [0.15, 0.2) is 0 Å². The summed E-state index contributed by atoms with van der Waals surface area (Å²) < 4.78 is 107. The number of halogens is 8. The third kappa shape index (κ3) is 10.6. The van der Waals surface area contributed by atoms with E-state index in [0.29, 0.717) is 0 Å². The minimum atomic E-state index is -5.65. The summed E-state index contributed by atoms with van der Waals surface area (Å²) in [6, 6.07) is 4.56. The number of ether oxygens (including phenoxy) is 2. The Hall–Kier alpha value is -1.13. The van der Waals surface area contributed by atoms with Gasteiger partial charge in [0.2, 0.25) is 0 Å². The summed E-state index contributed by atoms with van der Waals surface area (Å²) in [5.41, 5.74) is -5.34. The van der Waals surface area contributed by atoms with Gasteiger partial charge in [-0.05, 0) is 6.92 Å². The van der Waals surface area contributed by atoms with Crippen LogP contribution >= 0.6 is 11.8 Å². The second kappa shape index (κ2) is 8.82. The van der Waals surface area contributed by atoms with E-state index in [-0.39, 0.29) is 6.54 Å². The predicted octanol–water partition coefficient (Wildman–Crippen LogP) is 3.47. The summed E-state index contributed by atoms with van der Waals surface area (Å²) in [6.07, 6.45) is -5.65. The van der Waals surface area contributed by atoms with E-state index in [1.807, 2.05) is 0 Å². The van der Waals surface area contributed by atoms with Crippen molar-refractivity contribution in [2.75, 3.05) is 27.2 Å². The molecule has 1 atom stereocenters. The van der Waals surface area contributed by atoms with Gasteiger partial charge < -0.3 is 9.80 Å². The molecule has 0 aliphatic carbocycles. The molecule has 0 heterocycles. The molecule has 0 amide bonds. The fourth-order valence-electron chi connectivity index (χ4n) is 1.29. The average molecular weight is 390 g/mol. The van der Waals surface area contributed by atoms with Crippen molar-refractivity contribution in [3.63, 3.8) is 0 Å². The standard InChI is InChI=1S/C11H14F8N2O2S/c1-4-21(6-5-20(2)3)7-9(22-8(12)13,23-10(14,15)16)24-11(17,18)19/h8H,4,7H2,1-3H3. The van der Waals surface area contributed by atoms with Crippen LogP contribution in [0.3, 0.4) is 0 Å². The topological polar surface area (TPSA) is 24.9 Å². The molecule has 0 saturated carbocycles. The Morgan fingerprint density at radius 1 is 1.04 bits per heavy atom. The summed E-state index contributed by atoms with van der Waals surface area (Å²) in [6.45, 7) is -4.10. The Balaban J connectivity index is 5.72. The number of hydrogen-bond acceptors (Lipinski definition) is 5. The monoisotopic (exact) mass is 390 g/mol. The van der Waals surface area contributed by atoms with E-state index in [0.717, 1.165) is 4.90 Å². The van der Waals surface area contributed by atoms with Gasteiger partial charge in [-0.3, -0.25) is 4.74 Å². The molecule has 142 valence electrons. The van der Waals surface area contributed by atoms with Crippen LogP contribution in [0.2, 0.25) is 0 Å². The first-order valence-electron chi connectivity index (χ1n) is 6.11. The third-order valence-corrected chi connectivity index (χ3v) is 2.86. The second-order valence-electron chi connectivity index (χ2n) is 4.29. The van der Waals surface area contributed by atoms with Crippen LogP contribution in [0.15, 0.2) is 0 Å². The summed E-state index contributed by atoms with van der Waals surface area (Å²) >= 11 is -1.49. The van der Waals surface area contributed by atoms with Gasteiger partial charge in [-0.2, -0.15) is 22.0 Å². The van der Waals surface area contributed by atoms with Gasteiger partial charge in [0, 0.05) is 44.5 Å². The van der Waals surface area contributed by atoms with Gasteiger partial charge in [0.05, 0.1) is 6.54 Å². The van der Waals surface area contributed by atoms with Gasteiger partial charge in [0.25, 0.3) is 5.12 Å². The van der Waals surface area contributed by atoms with E-state index in [4.69, 9.17) is 0 Å². The van der Waals surface area contributed by atoms with Crippen molar-refractivity contribution in [1.82, 2.24) is 9.80 Å². The number of likely N-dealkylation sites (N-methyl/N-ethyl adjacent to an activating group) is 1. The van der Waals surface area contributed by atoms with Gasteiger partial charge in [-0.1, -0.05) is 0 Å². The molecule has 24 heavy (non-hydrogen) atoms. The van der Waals surface area contributed by atoms with Crippen molar-refractivity contribution >= 4 is 11.8 Å². The molecule has 0 fully saturated rings. The molecule has 0 aromatic rings. The largest absolute Gasteiger partial charge is 0.525 e. The molecule has 0 saturated heterocycles. The van der Waals surface area contributed by atoms with Gasteiger partial charge in [0.1, 0.15) is 0 Å². The number of nitrogens with zero attached hydrogens (tertiary/aromatic N) is 2. The lowest BCUT2D eigenvalue weighted by Crippen LogP contribution is -2.49. The molecular weight excluding hydrogens is 376 g/mol. The maximum Gasteiger partial charge on any atom is 0.525 e. The maximum atomic E-state index is 12.6. The minimum Gasteiger partial charge on any atom is -0.337 e. The Morgan fingerprint density at radius 2 is 1.58 bits per heavy atom. The maximum absolute atomic E-state index is 12.6. The zero-order chi connectivity index (χ0) is 19.2. The number of thioether (sulfide) groups is 1. The fourth-order valence-corrected chi connectivity index (χ4v) is 2.12. The van der Waals surface area contributed by atoms with Crippen LogP contribution in [0.4, 0.5) is 35.1 Å². The van der Waals surface area contributed by atoms with E-state index in [1.165, 1.54) is 25.9 Å². The molecule has 0 N–H and O–H groups in total. The van der Waals surface area contributed by atoms with Crippen molar-refractivity contribution in [2.45, 2.75) is 30.5 Å². The molecule has 0 spiro atoms. The third-order valence-electron chi connectivity index (χ3n) is 2.01. The Morgan fingerprint density at radius 3 is 1.92 bits per heavy atom. The molecule has 13 heteroatoms. The summed E-state index contributed by atoms with van der Waals surface area (Å²) in [4.78, 5) is 1.99. The van der Waals surface area contributed by atoms with Crippen molar-refractivity contribution in [1.29, 1.82) is 0 Å². The van der Waals surface area contributed by atoms with E-state index >= 15 is 0 Å². The van der Waals surface area contributed by atoms with Gasteiger partial charge in [-0.15, -0.1) is 13.2 Å². The fraction of sp³-hybridized carbons (Fsp3) is 0.818. The summed E-state index contributed by atoms with van der Waals surface area (Å²) in [7, 11) is 2.92. The lowest BCUT2D eigenvalue weighted by atomic mass is 10.5. The molecule has 4 nitrogen and oxygen atoms in total. The van der Waals surface area contributed by atoms with Gasteiger partial charge >= 0.3 is 18.5 Å². The zero-order valence-electron chi connectivity index (χ0n) is 12.6. The number of alkyl halides is 8. The summed E-state index contributed by atoms with van der Waals surface area (Å²) in [5, 5.41) is -3.78. The van der Waals surface area contributed by atoms with Crippen LogP contribution in [-0.4, -0.2) is 60.6 Å². The van der Waals surface area contributed by atoms with E-state index in [2.05, 4.69) is 21.6 Å². The molecular formula is C11H14F8N2O2S. The van der Waals surface area contributed by atoms with Crippen molar-refractivity contribution in [3.8, 4) is 12.1 Å².